The Morgan fingerprint density at radius 3 is 1.61 bits per heavy atom. The van der Waals surface area contributed by atoms with E-state index in [0.29, 0.717) is 26.2 Å². The highest BCUT2D eigenvalue weighted by Crippen LogP contribution is 2.28. The van der Waals surface area contributed by atoms with Gasteiger partial charge in [0.15, 0.2) is 6.29 Å². The van der Waals surface area contributed by atoms with Crippen molar-refractivity contribution in [3.05, 3.63) is 108 Å². The van der Waals surface area contributed by atoms with Crippen LogP contribution in [0.1, 0.15) is 30.0 Å². The normalized spacial score (nSPS) is 23.5. The third-order valence-electron chi connectivity index (χ3n) is 5.49. The van der Waals surface area contributed by atoms with Gasteiger partial charge < -0.3 is 18.9 Å². The van der Waals surface area contributed by atoms with Gasteiger partial charge in [0.25, 0.3) is 0 Å². The first kappa shape index (κ1) is 21.7. The molecule has 4 atom stereocenters. The molecule has 4 rings (SSSR count). The zero-order chi connectivity index (χ0) is 21.3. The van der Waals surface area contributed by atoms with Crippen molar-refractivity contribution in [2.75, 3.05) is 0 Å². The van der Waals surface area contributed by atoms with Crippen LogP contribution in [0.4, 0.5) is 0 Å². The highest BCUT2D eigenvalue weighted by Gasteiger charge is 2.38. The Balaban J connectivity index is 1.40. The lowest BCUT2D eigenvalue weighted by Gasteiger charge is -2.40. The minimum absolute atomic E-state index is 0.117. The van der Waals surface area contributed by atoms with Gasteiger partial charge >= 0.3 is 0 Å². The van der Waals surface area contributed by atoms with Crippen molar-refractivity contribution in [3.8, 4) is 0 Å². The number of hydrogen-bond acceptors (Lipinski definition) is 4. The molecule has 0 aliphatic carbocycles. The van der Waals surface area contributed by atoms with Gasteiger partial charge in [-0.1, -0.05) is 91.0 Å². The van der Waals surface area contributed by atoms with Crippen LogP contribution in [0.2, 0.25) is 0 Å². The summed E-state index contributed by atoms with van der Waals surface area (Å²) in [5.41, 5.74) is 3.41. The predicted octanol–water partition coefficient (Wildman–Crippen LogP) is 5.51. The highest BCUT2D eigenvalue weighted by atomic mass is 16.7. The lowest BCUT2D eigenvalue weighted by molar-refractivity contribution is -0.268. The smallest absolute Gasteiger partial charge is 0.161 e. The van der Waals surface area contributed by atoms with Crippen LogP contribution in [0.15, 0.2) is 91.0 Å². The molecule has 0 bridgehead atoms. The lowest BCUT2D eigenvalue weighted by atomic mass is 10.0. The Morgan fingerprint density at radius 2 is 1.10 bits per heavy atom. The van der Waals surface area contributed by atoms with Crippen molar-refractivity contribution in [1.82, 2.24) is 0 Å². The second kappa shape index (κ2) is 11.2. The largest absolute Gasteiger partial charge is 0.371 e. The average Bonchev–Trinajstić information content (AvgIpc) is 2.82. The monoisotopic (exact) mass is 418 g/mol. The zero-order valence-corrected chi connectivity index (χ0v) is 17.9. The fourth-order valence-corrected chi connectivity index (χ4v) is 3.82. The maximum atomic E-state index is 6.34. The molecule has 4 heteroatoms. The molecule has 1 heterocycles. The van der Waals surface area contributed by atoms with Gasteiger partial charge in [0, 0.05) is 6.42 Å². The summed E-state index contributed by atoms with van der Waals surface area (Å²) >= 11 is 0. The van der Waals surface area contributed by atoms with Crippen molar-refractivity contribution < 1.29 is 18.9 Å². The van der Waals surface area contributed by atoms with Crippen LogP contribution in [0.3, 0.4) is 0 Å². The second-order valence-electron chi connectivity index (χ2n) is 7.90. The van der Waals surface area contributed by atoms with Gasteiger partial charge in [-0.2, -0.15) is 0 Å². The summed E-state index contributed by atoms with van der Waals surface area (Å²) in [5.74, 6) is 0. The second-order valence-corrected chi connectivity index (χ2v) is 7.90. The minimum atomic E-state index is -0.326. The van der Waals surface area contributed by atoms with Gasteiger partial charge in [0.1, 0.15) is 6.10 Å². The van der Waals surface area contributed by atoms with Gasteiger partial charge in [-0.05, 0) is 23.6 Å². The van der Waals surface area contributed by atoms with Crippen LogP contribution < -0.4 is 0 Å². The van der Waals surface area contributed by atoms with E-state index in [1.807, 2.05) is 61.5 Å². The third-order valence-corrected chi connectivity index (χ3v) is 5.49. The maximum Gasteiger partial charge on any atom is 0.161 e. The highest BCUT2D eigenvalue weighted by molar-refractivity contribution is 5.15. The van der Waals surface area contributed by atoms with Crippen LogP contribution in [-0.2, 0) is 38.8 Å². The maximum absolute atomic E-state index is 6.34. The van der Waals surface area contributed by atoms with E-state index in [-0.39, 0.29) is 24.6 Å². The topological polar surface area (TPSA) is 36.9 Å². The van der Waals surface area contributed by atoms with E-state index in [1.54, 1.807) is 0 Å². The molecular weight excluding hydrogens is 388 g/mol. The van der Waals surface area contributed by atoms with Crippen LogP contribution in [-0.4, -0.2) is 24.6 Å². The van der Waals surface area contributed by atoms with E-state index in [9.17, 15) is 0 Å². The standard InChI is InChI=1S/C27H30O4/c1-21-27(30-20-24-15-9-4-10-16-24)25(28-18-22-11-5-2-6-12-22)17-26(31-21)29-19-23-13-7-3-8-14-23/h2-16,21,25-27H,17-20H2,1H3/t21-,25+,26-,27+/m1/s1. The Kier molecular flexibility index (Phi) is 7.86. The van der Waals surface area contributed by atoms with Crippen molar-refractivity contribution in [2.24, 2.45) is 0 Å². The number of ether oxygens (including phenoxy) is 4. The minimum Gasteiger partial charge on any atom is -0.371 e. The predicted molar refractivity (Wildman–Crippen MR) is 120 cm³/mol. The Bertz CT molecular complexity index is 885. The van der Waals surface area contributed by atoms with E-state index < -0.39 is 0 Å². The molecule has 1 fully saturated rings. The summed E-state index contributed by atoms with van der Waals surface area (Å²) in [6.45, 7) is 3.61. The zero-order valence-electron chi connectivity index (χ0n) is 17.9. The molecule has 31 heavy (non-hydrogen) atoms. The van der Waals surface area contributed by atoms with Crippen LogP contribution in [0.25, 0.3) is 0 Å². The molecule has 1 aliphatic heterocycles. The Morgan fingerprint density at radius 1 is 0.645 bits per heavy atom. The van der Waals surface area contributed by atoms with Crippen molar-refractivity contribution in [3.63, 3.8) is 0 Å². The molecule has 1 aliphatic rings. The van der Waals surface area contributed by atoms with Gasteiger partial charge in [0.05, 0.1) is 32.0 Å². The molecule has 162 valence electrons. The van der Waals surface area contributed by atoms with Crippen LogP contribution in [0, 0.1) is 0 Å². The number of benzene rings is 3. The van der Waals surface area contributed by atoms with E-state index in [2.05, 4.69) is 36.4 Å². The lowest BCUT2D eigenvalue weighted by Crippen LogP contribution is -2.50. The molecular formula is C27H30O4. The van der Waals surface area contributed by atoms with Gasteiger partial charge in [-0.3, -0.25) is 0 Å². The molecule has 0 unspecified atom stereocenters. The quantitative estimate of drug-likeness (QED) is 0.459. The molecule has 0 amide bonds. The van der Waals surface area contributed by atoms with Crippen molar-refractivity contribution >= 4 is 0 Å². The van der Waals surface area contributed by atoms with Crippen molar-refractivity contribution in [2.45, 2.75) is 57.8 Å². The summed E-state index contributed by atoms with van der Waals surface area (Å²) in [5, 5.41) is 0. The molecule has 4 nitrogen and oxygen atoms in total. The van der Waals surface area contributed by atoms with Gasteiger partial charge in [-0.15, -0.1) is 0 Å². The third kappa shape index (κ3) is 6.49. The van der Waals surface area contributed by atoms with E-state index in [4.69, 9.17) is 18.9 Å². The SMILES string of the molecule is C[C@H]1O[C@@H](OCc2ccccc2)C[C@H](OCc2ccccc2)[C@H]1OCc1ccccc1. The molecule has 0 N–H and O–H groups in total. The number of rotatable bonds is 9. The summed E-state index contributed by atoms with van der Waals surface area (Å²) in [6, 6.07) is 30.6. The number of hydrogen-bond donors (Lipinski definition) is 0. The summed E-state index contributed by atoms with van der Waals surface area (Å²) in [4.78, 5) is 0. The first-order valence-corrected chi connectivity index (χ1v) is 10.9. The molecule has 0 aromatic heterocycles. The summed E-state index contributed by atoms with van der Waals surface area (Å²) in [7, 11) is 0. The molecule has 1 saturated heterocycles. The fraction of sp³-hybridized carbons (Fsp3) is 0.333. The summed E-state index contributed by atoms with van der Waals surface area (Å²) in [6.07, 6.45) is -0.121. The Labute approximate surface area is 184 Å². The molecule has 3 aromatic carbocycles. The van der Waals surface area contributed by atoms with Crippen LogP contribution >= 0.6 is 0 Å². The summed E-state index contributed by atoms with van der Waals surface area (Å²) < 4.78 is 24.9. The van der Waals surface area contributed by atoms with E-state index >= 15 is 0 Å². The first-order valence-electron chi connectivity index (χ1n) is 10.9. The molecule has 3 aromatic rings. The van der Waals surface area contributed by atoms with Gasteiger partial charge in [0.2, 0.25) is 0 Å². The van der Waals surface area contributed by atoms with Gasteiger partial charge in [-0.25, -0.2) is 0 Å². The molecule has 0 radical (unpaired) electrons. The van der Waals surface area contributed by atoms with E-state index in [1.165, 1.54) is 0 Å². The average molecular weight is 419 g/mol. The van der Waals surface area contributed by atoms with E-state index in [0.717, 1.165) is 16.7 Å². The van der Waals surface area contributed by atoms with Crippen molar-refractivity contribution in [1.29, 1.82) is 0 Å². The fourth-order valence-electron chi connectivity index (χ4n) is 3.82. The van der Waals surface area contributed by atoms with Crippen LogP contribution in [0.5, 0.6) is 0 Å². The molecule has 0 saturated carbocycles. The Hall–Kier alpha value is -2.50. The first-order chi connectivity index (χ1) is 15.3. The molecule has 0 spiro atoms.